The number of carbonyl (C=O) groups is 8. The zero-order chi connectivity index (χ0) is 53.2. The van der Waals surface area contributed by atoms with Crippen LogP contribution in [0.2, 0.25) is 0 Å². The minimum atomic E-state index is -0.927. The quantitative estimate of drug-likeness (QED) is 0.0880. The lowest BCUT2D eigenvalue weighted by molar-refractivity contribution is -0.140. The van der Waals surface area contributed by atoms with Crippen molar-refractivity contribution in [1.29, 1.82) is 0 Å². The molecule has 0 bridgehead atoms. The molecule has 3 aromatic rings. The standard InChI is InChI=1S/C17H23N3O5S.C17H23N3O4S2.C15H20N2O3S2/c2*1-8(25-9-6-11(17(23)24)19-7-9)15(22)20-16-13(14(18)21)10-4-2-3-5-12(10)26-16;18-13(8-21-10-6-11(15(19)20)16-7-10)17-14-5-9-3-1-2-4-12(9)22-14/h2*8-9,11,19H,2-7H2,1H3,(H2,18,21)(H,20,22)(H,23,24);5,10-11,16H,1-4,6-8H2,(H,17,18)(H,19,20). The predicted molar refractivity (Wildman–Crippen MR) is 289 cm³/mol. The van der Waals surface area contributed by atoms with Gasteiger partial charge in [0, 0.05) is 51.2 Å². The molecular formula is C49H66N8O12S5. The first-order chi connectivity index (χ1) is 35.3. The fourth-order valence-corrected chi connectivity index (χ4v) is 15.9. The van der Waals surface area contributed by atoms with Gasteiger partial charge in [-0.2, -0.15) is 0 Å². The maximum atomic E-state index is 12.6. The molecule has 3 aliphatic heterocycles. The summed E-state index contributed by atoms with van der Waals surface area (Å²) < 4.78 is 5.68. The molecule has 9 rings (SSSR count). The van der Waals surface area contributed by atoms with Gasteiger partial charge in [0.15, 0.2) is 0 Å². The summed E-state index contributed by atoms with van der Waals surface area (Å²) >= 11 is 7.54. The Hall–Kier alpha value is -4.60. The van der Waals surface area contributed by atoms with Crippen molar-refractivity contribution in [3.8, 4) is 0 Å². The molecule has 25 heteroatoms. The number of hydrogen-bond acceptors (Lipinski definition) is 17. The van der Waals surface area contributed by atoms with Crippen molar-refractivity contribution in [2.45, 2.75) is 156 Å². The summed E-state index contributed by atoms with van der Waals surface area (Å²) in [5.74, 6) is -3.80. The van der Waals surface area contributed by atoms with E-state index in [2.05, 4.69) is 38.0 Å². The summed E-state index contributed by atoms with van der Waals surface area (Å²) in [6.45, 7) is 5.02. The van der Waals surface area contributed by atoms with Gasteiger partial charge in [0.25, 0.3) is 17.7 Å². The van der Waals surface area contributed by atoms with E-state index in [1.165, 1.54) is 69.5 Å². The van der Waals surface area contributed by atoms with Crippen LogP contribution in [0.25, 0.3) is 0 Å². The molecule has 3 fully saturated rings. The molecule has 3 aromatic heterocycles. The zero-order valence-electron chi connectivity index (χ0n) is 41.3. The average molecular weight is 1120 g/mol. The highest BCUT2D eigenvalue weighted by Gasteiger charge is 2.35. The molecule has 13 N–H and O–H groups in total. The van der Waals surface area contributed by atoms with Gasteiger partial charge in [-0.1, -0.05) is 0 Å². The van der Waals surface area contributed by atoms with Crippen molar-refractivity contribution in [2.24, 2.45) is 11.5 Å². The highest BCUT2D eigenvalue weighted by Crippen LogP contribution is 2.40. The van der Waals surface area contributed by atoms with Gasteiger partial charge in [-0.15, -0.1) is 57.5 Å². The third-order valence-corrected chi connectivity index (χ3v) is 19.9. The van der Waals surface area contributed by atoms with E-state index >= 15 is 0 Å². The van der Waals surface area contributed by atoms with E-state index in [4.69, 9.17) is 31.5 Å². The summed E-state index contributed by atoms with van der Waals surface area (Å²) in [7, 11) is 0. The van der Waals surface area contributed by atoms with Gasteiger partial charge in [-0.05, 0) is 126 Å². The Kier molecular flexibility index (Phi) is 20.4. The van der Waals surface area contributed by atoms with Crippen LogP contribution < -0.4 is 43.4 Å². The highest BCUT2D eigenvalue weighted by molar-refractivity contribution is 8.01. The Morgan fingerprint density at radius 3 is 1.65 bits per heavy atom. The number of anilines is 3. The van der Waals surface area contributed by atoms with Crippen LogP contribution in [0, 0.1) is 0 Å². The van der Waals surface area contributed by atoms with Gasteiger partial charge >= 0.3 is 17.9 Å². The van der Waals surface area contributed by atoms with Gasteiger partial charge in [0.1, 0.15) is 34.2 Å². The molecule has 74 heavy (non-hydrogen) atoms. The van der Waals surface area contributed by atoms with Gasteiger partial charge < -0.3 is 63.4 Å². The van der Waals surface area contributed by atoms with Gasteiger partial charge in [0.2, 0.25) is 11.8 Å². The van der Waals surface area contributed by atoms with Crippen LogP contribution in [-0.4, -0.2) is 134 Å². The Bertz CT molecular complexity index is 2440. The number of thioether (sulfide) groups is 2. The first kappa shape index (κ1) is 57.1. The molecule has 0 radical (unpaired) electrons. The summed E-state index contributed by atoms with van der Waals surface area (Å²) in [4.78, 5) is 97.4. The zero-order valence-corrected chi connectivity index (χ0v) is 45.4. The number of carboxylic acids is 3. The van der Waals surface area contributed by atoms with Crippen LogP contribution in [0.3, 0.4) is 0 Å². The van der Waals surface area contributed by atoms with Crippen LogP contribution in [0.1, 0.15) is 124 Å². The third kappa shape index (κ3) is 15.1. The summed E-state index contributed by atoms with van der Waals surface area (Å²) in [6.07, 6.45) is 12.7. The Morgan fingerprint density at radius 2 is 1.12 bits per heavy atom. The van der Waals surface area contributed by atoms with Gasteiger partial charge in [-0.3, -0.25) is 38.4 Å². The molecule has 0 aromatic carbocycles. The molecule has 3 aliphatic carbocycles. The number of hydrogen-bond donors (Lipinski definition) is 11. The number of nitrogens with two attached hydrogens (primary N) is 2. The lowest BCUT2D eigenvalue weighted by Gasteiger charge is -2.17. The van der Waals surface area contributed by atoms with E-state index in [9.17, 15) is 38.4 Å². The van der Waals surface area contributed by atoms with Crippen LogP contribution in [0.4, 0.5) is 15.0 Å². The molecule has 6 aliphatic rings. The van der Waals surface area contributed by atoms with Crippen molar-refractivity contribution in [3.05, 3.63) is 48.5 Å². The lowest BCUT2D eigenvalue weighted by atomic mass is 9.95. The van der Waals surface area contributed by atoms with Gasteiger partial charge in [-0.25, -0.2) is 0 Å². The number of aliphatic carboxylic acids is 3. The second-order valence-corrected chi connectivity index (χ2v) is 25.5. The normalized spacial score (nSPS) is 23.5. The largest absolute Gasteiger partial charge is 0.480 e. The molecule has 8 atom stereocenters. The third-order valence-electron chi connectivity index (χ3n) is 13.7. The molecule has 6 heterocycles. The highest BCUT2D eigenvalue weighted by atomic mass is 32.2. The smallest absolute Gasteiger partial charge is 0.320 e. The number of ether oxygens (including phenoxy) is 1. The number of fused-ring (bicyclic) bond motifs is 3. The van der Waals surface area contributed by atoms with Crippen molar-refractivity contribution in [2.75, 3.05) is 41.3 Å². The Balaban J connectivity index is 0.000000163. The van der Waals surface area contributed by atoms with E-state index in [-0.39, 0.29) is 39.6 Å². The van der Waals surface area contributed by atoms with Crippen LogP contribution in [0.15, 0.2) is 6.07 Å². The topological polar surface area (TPSA) is 331 Å². The van der Waals surface area contributed by atoms with Crippen LogP contribution in [-0.2, 0) is 72.0 Å². The molecular weight excluding hydrogens is 1050 g/mol. The maximum absolute atomic E-state index is 12.6. The van der Waals surface area contributed by atoms with Gasteiger partial charge in [0.05, 0.1) is 33.2 Å². The Labute approximate surface area is 449 Å². The monoisotopic (exact) mass is 1120 g/mol. The SMILES string of the molecule is CC(OC1CNC(C(=O)O)C1)C(=O)Nc1sc2c(c1C(N)=O)CCCC2.CC(SC1CNC(C(=O)O)C1)C(=O)Nc1sc2c(c1C(N)=O)CCCC2.O=C(CSC1CNC(C(=O)O)C1)Nc1cc2c(s1)CCCC2. The number of aryl methyl sites for hydroxylation is 4. The first-order valence-corrected chi connectivity index (χ1v) is 29.5. The number of carbonyl (C=O) groups excluding carboxylic acids is 5. The van der Waals surface area contributed by atoms with Crippen molar-refractivity contribution < 1.29 is 58.4 Å². The summed E-state index contributed by atoms with van der Waals surface area (Å²) in [5.41, 5.74) is 15.3. The van der Waals surface area contributed by atoms with E-state index in [0.717, 1.165) is 90.1 Å². The van der Waals surface area contributed by atoms with E-state index < -0.39 is 54.0 Å². The van der Waals surface area contributed by atoms with Crippen molar-refractivity contribution in [1.82, 2.24) is 16.0 Å². The minimum Gasteiger partial charge on any atom is -0.480 e. The maximum Gasteiger partial charge on any atom is 0.320 e. The average Bonchev–Trinajstić information content (AvgIpc) is 4.23. The van der Waals surface area contributed by atoms with Crippen LogP contribution >= 0.6 is 57.5 Å². The van der Waals surface area contributed by atoms with Crippen LogP contribution in [0.5, 0.6) is 0 Å². The number of thiophene rings is 3. The van der Waals surface area contributed by atoms with E-state index in [1.54, 1.807) is 25.2 Å². The number of rotatable bonds is 17. The molecule has 0 spiro atoms. The molecule has 8 unspecified atom stereocenters. The molecule has 20 nitrogen and oxygen atoms in total. The molecule has 0 saturated carbocycles. The fourth-order valence-electron chi connectivity index (χ4n) is 9.88. The minimum absolute atomic E-state index is 0.00220. The number of nitrogens with one attached hydrogen (secondary N) is 6. The second kappa shape index (κ2) is 26.4. The van der Waals surface area contributed by atoms with Crippen molar-refractivity contribution in [3.63, 3.8) is 0 Å². The van der Waals surface area contributed by atoms with E-state index in [1.807, 2.05) is 0 Å². The number of primary amides is 2. The Morgan fingerprint density at radius 1 is 0.635 bits per heavy atom. The molecule has 404 valence electrons. The summed E-state index contributed by atoms with van der Waals surface area (Å²) in [6, 6.07) is 0.442. The first-order valence-electron chi connectivity index (χ1n) is 25.1. The fraction of sp³-hybridized carbons (Fsp3) is 0.592. The number of amides is 5. The summed E-state index contributed by atoms with van der Waals surface area (Å²) in [5, 5.41) is 46.2. The van der Waals surface area contributed by atoms with E-state index in [0.29, 0.717) is 65.8 Å². The lowest BCUT2D eigenvalue weighted by Crippen LogP contribution is -2.32. The number of carboxylic acid groups (broad SMARTS) is 3. The predicted octanol–water partition coefficient (Wildman–Crippen LogP) is 4.60. The molecule has 3 saturated heterocycles. The van der Waals surface area contributed by atoms with Crippen molar-refractivity contribution >= 4 is 120 Å². The second-order valence-electron chi connectivity index (χ2n) is 19.2. The molecule has 5 amide bonds.